The van der Waals surface area contributed by atoms with Crippen molar-refractivity contribution in [3.63, 3.8) is 0 Å². The molecule has 50 heavy (non-hydrogen) atoms. The van der Waals surface area contributed by atoms with Crippen molar-refractivity contribution >= 4 is 55.4 Å². The summed E-state index contributed by atoms with van der Waals surface area (Å²) >= 11 is 0. The van der Waals surface area contributed by atoms with E-state index in [2.05, 4.69) is 131 Å². The third-order valence-electron chi connectivity index (χ3n) is 9.67. The van der Waals surface area contributed by atoms with Crippen molar-refractivity contribution in [1.82, 2.24) is 9.88 Å². The van der Waals surface area contributed by atoms with Crippen molar-refractivity contribution in [3.05, 3.63) is 187 Å². The Balaban J connectivity index is 1.17. The van der Waals surface area contributed by atoms with Gasteiger partial charge in [-0.05, 0) is 47.0 Å². The number of hydrogen-bond acceptors (Lipinski definition) is 4. The average Bonchev–Trinajstić information content (AvgIpc) is 3.74. The molecule has 3 heterocycles. The van der Waals surface area contributed by atoms with Gasteiger partial charge in [-0.15, -0.1) is 0 Å². The highest BCUT2D eigenvalue weighted by atomic mass is 16.3. The number of fused-ring (bicyclic) bond motifs is 6. The number of furan rings is 1. The molecule has 236 valence electrons. The van der Waals surface area contributed by atoms with E-state index >= 15 is 0 Å². The predicted octanol–water partition coefficient (Wildman–Crippen LogP) is 10.8. The maximum absolute atomic E-state index is 6.82. The molecule has 5 heteroatoms. The van der Waals surface area contributed by atoms with Crippen molar-refractivity contribution < 1.29 is 4.42 Å². The number of benzene rings is 7. The van der Waals surface area contributed by atoms with Crippen LogP contribution >= 0.6 is 0 Å². The third kappa shape index (κ3) is 4.55. The molecule has 0 fully saturated rings. The Morgan fingerprint density at radius 3 is 2.04 bits per heavy atom. The number of nitrogens with zero attached hydrogens (tertiary/aromatic N) is 3. The molecule has 0 aliphatic carbocycles. The van der Waals surface area contributed by atoms with Gasteiger partial charge in [0.25, 0.3) is 0 Å². The van der Waals surface area contributed by atoms with Crippen LogP contribution in [0.1, 0.15) is 22.9 Å². The maximum atomic E-state index is 6.82. The number of amidine groups is 2. The van der Waals surface area contributed by atoms with E-state index in [-0.39, 0.29) is 6.17 Å². The number of hydrogen-bond donors (Lipinski definition) is 1. The van der Waals surface area contributed by atoms with Crippen molar-refractivity contribution in [2.45, 2.75) is 6.17 Å². The van der Waals surface area contributed by atoms with Gasteiger partial charge in [0.1, 0.15) is 17.6 Å². The molecule has 0 saturated heterocycles. The van der Waals surface area contributed by atoms with Crippen molar-refractivity contribution in [2.75, 3.05) is 0 Å². The minimum absolute atomic E-state index is 0.290. The molecule has 2 aromatic heterocycles. The molecule has 1 N–H and O–H groups in total. The summed E-state index contributed by atoms with van der Waals surface area (Å²) in [4.78, 5) is 10.2. The van der Waals surface area contributed by atoms with Gasteiger partial charge in [0.15, 0.2) is 11.4 Å². The molecule has 1 atom stereocenters. The first-order valence-corrected chi connectivity index (χ1v) is 16.9. The maximum Gasteiger partial charge on any atom is 0.159 e. The number of aliphatic imine (C=N–C) groups is 2. The number of nitrogens with one attached hydrogen (secondary N) is 1. The van der Waals surface area contributed by atoms with Gasteiger partial charge in [0, 0.05) is 32.7 Å². The minimum Gasteiger partial charge on any atom is -0.454 e. The standard InChI is InChI=1S/C45H30N4O/c1-4-14-29(15-5-1)32-26-27-38-36(28-32)33-20-10-11-23-37(33)49(38)39-24-12-21-34-41-35(22-13-25-40(41)50-42(34)39)45-47-43(30-16-6-2-7-17-30)46-44(48-45)31-18-8-3-9-19-31/h1-28,43H,(H,46,47,48). The lowest BCUT2D eigenvalue weighted by atomic mass is 10.0. The smallest absolute Gasteiger partial charge is 0.159 e. The number of rotatable bonds is 5. The van der Waals surface area contributed by atoms with Crippen LogP contribution in [0.5, 0.6) is 0 Å². The van der Waals surface area contributed by atoms with Crippen LogP contribution in [0.25, 0.3) is 60.6 Å². The molecule has 1 aliphatic heterocycles. The molecule has 0 bridgehead atoms. The lowest BCUT2D eigenvalue weighted by molar-refractivity contribution is 0.665. The Bertz CT molecular complexity index is 2780. The summed E-state index contributed by atoms with van der Waals surface area (Å²) in [5.74, 6) is 1.45. The number of aromatic nitrogens is 1. The topological polar surface area (TPSA) is 54.8 Å². The third-order valence-corrected chi connectivity index (χ3v) is 9.67. The fourth-order valence-electron chi connectivity index (χ4n) is 7.36. The van der Waals surface area contributed by atoms with Crippen LogP contribution in [0, 0.1) is 0 Å². The van der Waals surface area contributed by atoms with Crippen LogP contribution in [-0.4, -0.2) is 16.2 Å². The largest absolute Gasteiger partial charge is 0.454 e. The van der Waals surface area contributed by atoms with Crippen LogP contribution in [0.2, 0.25) is 0 Å². The fourth-order valence-corrected chi connectivity index (χ4v) is 7.36. The van der Waals surface area contributed by atoms with E-state index in [1.54, 1.807) is 0 Å². The highest BCUT2D eigenvalue weighted by molar-refractivity contribution is 6.22. The van der Waals surface area contributed by atoms with Gasteiger partial charge in [-0.1, -0.05) is 140 Å². The van der Waals surface area contributed by atoms with E-state index in [9.17, 15) is 0 Å². The first-order valence-electron chi connectivity index (χ1n) is 16.9. The summed E-state index contributed by atoms with van der Waals surface area (Å²) in [6.45, 7) is 0. The van der Waals surface area contributed by atoms with Gasteiger partial charge < -0.3 is 14.3 Å². The molecule has 0 spiro atoms. The molecule has 7 aromatic carbocycles. The summed E-state index contributed by atoms with van der Waals surface area (Å²) in [6, 6.07) is 59.1. The predicted molar refractivity (Wildman–Crippen MR) is 205 cm³/mol. The molecule has 1 aliphatic rings. The SMILES string of the molecule is c1ccc(C2=NC(c3ccccc3)NC(c3cccc4oc5c(-n6c7ccccc7c7cc(-c8ccccc8)ccc76)cccc5c34)=N2)cc1. The van der Waals surface area contributed by atoms with Gasteiger partial charge in [-0.2, -0.15) is 0 Å². The van der Waals surface area contributed by atoms with Gasteiger partial charge in [-0.25, -0.2) is 9.98 Å². The van der Waals surface area contributed by atoms with Crippen LogP contribution in [0.15, 0.2) is 184 Å². The van der Waals surface area contributed by atoms with Gasteiger partial charge in [0.05, 0.1) is 16.7 Å². The van der Waals surface area contributed by atoms with Gasteiger partial charge in [-0.3, -0.25) is 0 Å². The van der Waals surface area contributed by atoms with Crippen molar-refractivity contribution in [1.29, 1.82) is 0 Å². The van der Waals surface area contributed by atoms with E-state index in [1.807, 2.05) is 48.5 Å². The molecule has 5 nitrogen and oxygen atoms in total. The summed E-state index contributed by atoms with van der Waals surface area (Å²) < 4.78 is 9.16. The molecule has 10 rings (SSSR count). The molecule has 0 saturated carbocycles. The minimum atomic E-state index is -0.290. The van der Waals surface area contributed by atoms with E-state index in [1.165, 1.54) is 21.9 Å². The van der Waals surface area contributed by atoms with E-state index in [0.29, 0.717) is 5.84 Å². The average molecular weight is 643 g/mol. The van der Waals surface area contributed by atoms with Gasteiger partial charge >= 0.3 is 0 Å². The monoisotopic (exact) mass is 642 g/mol. The number of para-hydroxylation sites is 2. The van der Waals surface area contributed by atoms with Crippen LogP contribution in [-0.2, 0) is 0 Å². The normalized spacial score (nSPS) is 14.6. The van der Waals surface area contributed by atoms with Crippen LogP contribution < -0.4 is 5.32 Å². The summed E-state index contributed by atoms with van der Waals surface area (Å²) in [5.41, 5.74) is 10.3. The molecule has 0 amide bonds. The zero-order chi connectivity index (χ0) is 33.0. The second kappa shape index (κ2) is 11.5. The van der Waals surface area contributed by atoms with Crippen LogP contribution in [0.4, 0.5) is 0 Å². The van der Waals surface area contributed by atoms with Gasteiger partial charge in [0.2, 0.25) is 0 Å². The lowest BCUT2D eigenvalue weighted by Crippen LogP contribution is -2.33. The fraction of sp³-hybridized carbons (Fsp3) is 0.0222. The quantitative estimate of drug-likeness (QED) is 0.203. The Morgan fingerprint density at radius 1 is 0.540 bits per heavy atom. The molecule has 1 unspecified atom stereocenters. The van der Waals surface area contributed by atoms with E-state index < -0.39 is 0 Å². The van der Waals surface area contributed by atoms with Crippen molar-refractivity contribution in [3.8, 4) is 16.8 Å². The Hall–Kier alpha value is -6.72. The molecular weight excluding hydrogens is 613 g/mol. The van der Waals surface area contributed by atoms with Crippen LogP contribution in [0.3, 0.4) is 0 Å². The second-order valence-corrected chi connectivity index (χ2v) is 12.6. The Kier molecular flexibility index (Phi) is 6.49. The van der Waals surface area contributed by atoms with E-state index in [4.69, 9.17) is 14.4 Å². The molecule has 0 radical (unpaired) electrons. The summed E-state index contributed by atoms with van der Waals surface area (Å²) in [7, 11) is 0. The highest BCUT2D eigenvalue weighted by Crippen LogP contribution is 2.40. The molecular formula is C45H30N4O. The molecule has 9 aromatic rings. The Labute approximate surface area is 288 Å². The zero-order valence-corrected chi connectivity index (χ0v) is 27.0. The first-order chi connectivity index (χ1) is 24.8. The zero-order valence-electron chi connectivity index (χ0n) is 27.0. The second-order valence-electron chi connectivity index (χ2n) is 12.6. The summed E-state index contributed by atoms with van der Waals surface area (Å²) in [5, 5.41) is 8.11. The van der Waals surface area contributed by atoms with E-state index in [0.717, 1.165) is 61.2 Å². The highest BCUT2D eigenvalue weighted by Gasteiger charge is 2.25. The Morgan fingerprint density at radius 2 is 1.22 bits per heavy atom. The van der Waals surface area contributed by atoms with Crippen molar-refractivity contribution in [2.24, 2.45) is 9.98 Å². The lowest BCUT2D eigenvalue weighted by Gasteiger charge is -2.24. The summed E-state index contributed by atoms with van der Waals surface area (Å²) in [6.07, 6.45) is -0.290. The first kappa shape index (κ1) is 28.3.